The molecule has 1 N–H and O–H groups in total. The van der Waals surface area contributed by atoms with E-state index in [4.69, 9.17) is 0 Å². The number of piperazine rings is 1. The fourth-order valence-corrected chi connectivity index (χ4v) is 4.70. The van der Waals surface area contributed by atoms with Crippen molar-refractivity contribution in [2.75, 3.05) is 39.3 Å². The van der Waals surface area contributed by atoms with Crippen LogP contribution in [0.1, 0.15) is 57.8 Å². The smallest absolute Gasteiger partial charge is 0.0499 e. The van der Waals surface area contributed by atoms with Gasteiger partial charge in [0, 0.05) is 50.8 Å². The molecule has 116 valence electrons. The van der Waals surface area contributed by atoms with Crippen LogP contribution in [0.2, 0.25) is 0 Å². The summed E-state index contributed by atoms with van der Waals surface area (Å²) >= 11 is 0. The van der Waals surface area contributed by atoms with Gasteiger partial charge in [0.1, 0.15) is 0 Å². The zero-order valence-electron chi connectivity index (χ0n) is 13.0. The van der Waals surface area contributed by atoms with E-state index in [0.717, 1.165) is 12.6 Å². The largest absolute Gasteiger partial charge is 0.396 e. The minimum atomic E-state index is 0.230. The van der Waals surface area contributed by atoms with Crippen LogP contribution in [0, 0.1) is 5.41 Å². The van der Waals surface area contributed by atoms with Gasteiger partial charge in [0.2, 0.25) is 0 Å². The van der Waals surface area contributed by atoms with Crippen molar-refractivity contribution in [1.82, 2.24) is 9.80 Å². The maximum absolute atomic E-state index is 9.86. The van der Waals surface area contributed by atoms with Crippen molar-refractivity contribution < 1.29 is 5.11 Å². The molecule has 0 spiro atoms. The van der Waals surface area contributed by atoms with Gasteiger partial charge in [-0.1, -0.05) is 32.1 Å². The summed E-state index contributed by atoms with van der Waals surface area (Å²) in [7, 11) is 0. The first kappa shape index (κ1) is 14.8. The van der Waals surface area contributed by atoms with Crippen LogP contribution in [0.3, 0.4) is 0 Å². The normalized spacial score (nSPS) is 29.9. The molecule has 0 aromatic rings. The van der Waals surface area contributed by atoms with Crippen molar-refractivity contribution in [3.63, 3.8) is 0 Å². The number of aliphatic hydroxyl groups excluding tert-OH is 1. The second kappa shape index (κ2) is 6.76. The summed E-state index contributed by atoms with van der Waals surface area (Å²) in [5, 5.41) is 9.86. The van der Waals surface area contributed by atoms with Gasteiger partial charge in [-0.15, -0.1) is 0 Å². The molecule has 3 nitrogen and oxygen atoms in total. The zero-order valence-corrected chi connectivity index (χ0v) is 13.0. The summed E-state index contributed by atoms with van der Waals surface area (Å²) in [6, 6.07) is 0.888. The van der Waals surface area contributed by atoms with E-state index in [9.17, 15) is 5.11 Å². The molecule has 3 aliphatic rings. The van der Waals surface area contributed by atoms with Gasteiger partial charge >= 0.3 is 0 Å². The minimum absolute atomic E-state index is 0.230. The van der Waals surface area contributed by atoms with Crippen molar-refractivity contribution >= 4 is 0 Å². The Morgan fingerprint density at radius 3 is 2.10 bits per heavy atom. The molecular weight excluding hydrogens is 248 g/mol. The second-order valence-electron chi connectivity index (χ2n) is 7.47. The van der Waals surface area contributed by atoms with Gasteiger partial charge in [0.05, 0.1) is 0 Å². The zero-order chi connectivity index (χ0) is 13.8. The lowest BCUT2D eigenvalue weighted by atomic mass is 9.74. The Labute approximate surface area is 124 Å². The van der Waals surface area contributed by atoms with Gasteiger partial charge in [-0.25, -0.2) is 0 Å². The molecule has 0 radical (unpaired) electrons. The number of aliphatic hydroxyl groups is 1. The van der Waals surface area contributed by atoms with Crippen molar-refractivity contribution in [3.8, 4) is 0 Å². The van der Waals surface area contributed by atoms with Crippen molar-refractivity contribution in [1.29, 1.82) is 0 Å². The molecule has 0 atom stereocenters. The van der Waals surface area contributed by atoms with Crippen LogP contribution in [-0.2, 0) is 0 Å². The van der Waals surface area contributed by atoms with Gasteiger partial charge in [-0.05, 0) is 25.7 Å². The quantitative estimate of drug-likeness (QED) is 0.857. The highest BCUT2D eigenvalue weighted by molar-refractivity contribution is 4.88. The second-order valence-corrected chi connectivity index (χ2v) is 7.47. The molecule has 0 unspecified atom stereocenters. The summed E-state index contributed by atoms with van der Waals surface area (Å²) < 4.78 is 0. The lowest BCUT2D eigenvalue weighted by Gasteiger charge is -2.44. The Bertz CT molecular complexity index is 287. The van der Waals surface area contributed by atoms with Crippen LogP contribution in [0.5, 0.6) is 0 Å². The van der Waals surface area contributed by atoms with E-state index in [1.807, 2.05) is 0 Å². The summed E-state index contributed by atoms with van der Waals surface area (Å²) in [6.07, 6.45) is 12.2. The molecule has 0 aromatic carbocycles. The molecule has 0 amide bonds. The molecule has 1 heterocycles. The van der Waals surface area contributed by atoms with Gasteiger partial charge in [-0.3, -0.25) is 4.90 Å². The SMILES string of the molecule is OCC1(CN2CCN(C3CCCC3)CC2)CCCCC1. The number of hydrogen-bond donors (Lipinski definition) is 1. The fraction of sp³-hybridized carbons (Fsp3) is 1.00. The van der Waals surface area contributed by atoms with Crippen LogP contribution in [0.4, 0.5) is 0 Å². The summed E-state index contributed by atoms with van der Waals surface area (Å²) in [5.41, 5.74) is 0.230. The van der Waals surface area contributed by atoms with E-state index in [-0.39, 0.29) is 5.41 Å². The maximum atomic E-state index is 9.86. The van der Waals surface area contributed by atoms with Crippen LogP contribution in [0.25, 0.3) is 0 Å². The van der Waals surface area contributed by atoms with E-state index in [1.54, 1.807) is 0 Å². The first-order valence-corrected chi connectivity index (χ1v) is 8.89. The monoisotopic (exact) mass is 280 g/mol. The van der Waals surface area contributed by atoms with Gasteiger partial charge < -0.3 is 10.0 Å². The standard InChI is InChI=1S/C17H32N2O/c20-15-17(8-4-1-5-9-17)14-18-10-12-19(13-11-18)16-6-2-3-7-16/h16,20H,1-15H2. The van der Waals surface area contributed by atoms with Crippen LogP contribution >= 0.6 is 0 Å². The average Bonchev–Trinajstić information content (AvgIpc) is 3.03. The van der Waals surface area contributed by atoms with Crippen LogP contribution in [-0.4, -0.2) is 60.3 Å². The molecule has 1 aliphatic heterocycles. The van der Waals surface area contributed by atoms with Gasteiger partial charge in [0.25, 0.3) is 0 Å². The van der Waals surface area contributed by atoms with Crippen molar-refractivity contribution in [2.45, 2.75) is 63.8 Å². The Morgan fingerprint density at radius 1 is 0.850 bits per heavy atom. The molecule has 2 saturated carbocycles. The maximum Gasteiger partial charge on any atom is 0.0499 e. The lowest BCUT2D eigenvalue weighted by Crippen LogP contribution is -2.53. The summed E-state index contributed by atoms with van der Waals surface area (Å²) in [6.45, 7) is 6.49. The van der Waals surface area contributed by atoms with Crippen molar-refractivity contribution in [3.05, 3.63) is 0 Å². The number of rotatable bonds is 4. The third-order valence-electron chi connectivity index (χ3n) is 6.06. The third kappa shape index (κ3) is 3.37. The number of nitrogens with zero attached hydrogens (tertiary/aromatic N) is 2. The predicted octanol–water partition coefficient (Wildman–Crippen LogP) is 2.49. The minimum Gasteiger partial charge on any atom is -0.396 e. The van der Waals surface area contributed by atoms with E-state index in [2.05, 4.69) is 9.80 Å². The van der Waals surface area contributed by atoms with Crippen LogP contribution in [0.15, 0.2) is 0 Å². The molecule has 0 bridgehead atoms. The average molecular weight is 280 g/mol. The summed E-state index contributed by atoms with van der Waals surface area (Å²) in [5.74, 6) is 0. The summed E-state index contributed by atoms with van der Waals surface area (Å²) in [4.78, 5) is 5.36. The first-order valence-electron chi connectivity index (χ1n) is 8.89. The van der Waals surface area contributed by atoms with Gasteiger partial charge in [0.15, 0.2) is 0 Å². The molecule has 0 aromatic heterocycles. The Hall–Kier alpha value is -0.120. The highest BCUT2D eigenvalue weighted by Crippen LogP contribution is 2.37. The predicted molar refractivity (Wildman–Crippen MR) is 82.9 cm³/mol. The highest BCUT2D eigenvalue weighted by atomic mass is 16.3. The molecule has 1 saturated heterocycles. The van der Waals surface area contributed by atoms with Gasteiger partial charge in [-0.2, -0.15) is 0 Å². The number of hydrogen-bond acceptors (Lipinski definition) is 3. The molecule has 2 aliphatic carbocycles. The molecule has 20 heavy (non-hydrogen) atoms. The van der Waals surface area contributed by atoms with Crippen LogP contribution < -0.4 is 0 Å². The third-order valence-corrected chi connectivity index (χ3v) is 6.06. The van der Waals surface area contributed by atoms with E-state index in [1.165, 1.54) is 84.0 Å². The molecular formula is C17H32N2O. The lowest BCUT2D eigenvalue weighted by molar-refractivity contribution is 0.0149. The highest BCUT2D eigenvalue weighted by Gasteiger charge is 2.35. The topological polar surface area (TPSA) is 26.7 Å². The Balaban J connectivity index is 1.47. The Morgan fingerprint density at radius 2 is 1.50 bits per heavy atom. The van der Waals surface area contributed by atoms with E-state index in [0.29, 0.717) is 6.61 Å². The fourth-order valence-electron chi connectivity index (χ4n) is 4.70. The first-order chi connectivity index (χ1) is 9.81. The van der Waals surface area contributed by atoms with E-state index < -0.39 is 0 Å². The Kier molecular flexibility index (Phi) is 5.00. The molecule has 3 rings (SSSR count). The molecule has 3 fully saturated rings. The molecule has 3 heteroatoms. The van der Waals surface area contributed by atoms with E-state index >= 15 is 0 Å². The van der Waals surface area contributed by atoms with Crippen molar-refractivity contribution in [2.24, 2.45) is 5.41 Å².